The summed E-state index contributed by atoms with van der Waals surface area (Å²) in [6.07, 6.45) is 0. The molecule has 4 nitrogen and oxygen atoms in total. The maximum absolute atomic E-state index is 6.90. The fraction of sp³-hybridized carbons (Fsp3) is 0.0118. The van der Waals surface area contributed by atoms with Crippen molar-refractivity contribution in [1.29, 1.82) is 0 Å². The Bertz CT molecular complexity index is 5490. The van der Waals surface area contributed by atoms with Gasteiger partial charge < -0.3 is 18.6 Å². The Morgan fingerprint density at radius 1 is 0.247 bits per heavy atom. The maximum Gasteiger partial charge on any atom is 0.159 e. The fourth-order valence-corrected chi connectivity index (χ4v) is 15.6. The van der Waals surface area contributed by atoms with Crippen LogP contribution in [0.4, 0.5) is 34.1 Å². The van der Waals surface area contributed by atoms with Crippen LogP contribution in [-0.4, -0.2) is 0 Å². The minimum Gasteiger partial charge on any atom is -0.454 e. The molecule has 1 spiro atoms. The minimum absolute atomic E-state index is 0.707. The zero-order valence-electron chi connectivity index (χ0n) is 48.2. The molecule has 17 aromatic rings. The lowest BCUT2D eigenvalue weighted by Gasteiger charge is -2.33. The molecule has 89 heavy (non-hydrogen) atoms. The predicted molar refractivity (Wildman–Crippen MR) is 370 cm³/mol. The first-order valence-electron chi connectivity index (χ1n) is 30.6. The van der Waals surface area contributed by atoms with Crippen LogP contribution in [-0.2, 0) is 5.41 Å². The van der Waals surface area contributed by atoms with Crippen molar-refractivity contribution in [2.45, 2.75) is 5.41 Å². The molecule has 414 valence electrons. The average Bonchev–Trinajstić information content (AvgIpc) is 1.55. The number of hydrogen-bond donors (Lipinski definition) is 0. The summed E-state index contributed by atoms with van der Waals surface area (Å²) in [6.45, 7) is 0. The van der Waals surface area contributed by atoms with Crippen molar-refractivity contribution in [3.63, 3.8) is 0 Å². The summed E-state index contributed by atoms with van der Waals surface area (Å²) in [4.78, 5) is 4.83. The Hall–Kier alpha value is -11.7. The van der Waals surface area contributed by atoms with Crippen molar-refractivity contribution >= 4 is 110 Å². The summed E-state index contributed by atoms with van der Waals surface area (Å²) in [5.74, 6) is 0. The molecular formula is C85H52N2O2. The normalized spacial score (nSPS) is 12.8. The van der Waals surface area contributed by atoms with Crippen LogP contribution in [0.2, 0.25) is 0 Å². The minimum atomic E-state index is -0.707. The quantitative estimate of drug-likeness (QED) is 0.152. The van der Waals surface area contributed by atoms with Gasteiger partial charge in [0, 0.05) is 44.0 Å². The zero-order valence-corrected chi connectivity index (χ0v) is 48.2. The van der Waals surface area contributed by atoms with E-state index in [1.807, 2.05) is 0 Å². The van der Waals surface area contributed by atoms with Crippen LogP contribution < -0.4 is 9.80 Å². The Balaban J connectivity index is 0.866. The number of hydrogen-bond acceptors (Lipinski definition) is 4. The van der Waals surface area contributed by atoms with Crippen LogP contribution in [0.25, 0.3) is 121 Å². The van der Waals surface area contributed by atoms with Gasteiger partial charge in [0.2, 0.25) is 0 Å². The van der Waals surface area contributed by atoms with E-state index in [9.17, 15) is 0 Å². The second-order valence-corrected chi connectivity index (χ2v) is 23.7. The van der Waals surface area contributed by atoms with E-state index in [1.54, 1.807) is 0 Å². The molecule has 0 fully saturated rings. The van der Waals surface area contributed by atoms with Gasteiger partial charge in [-0.2, -0.15) is 0 Å². The van der Waals surface area contributed by atoms with E-state index in [4.69, 9.17) is 8.83 Å². The first-order chi connectivity index (χ1) is 44.2. The fourth-order valence-electron chi connectivity index (χ4n) is 15.6. The molecular weight excluding hydrogens is 1080 g/mol. The molecule has 0 radical (unpaired) electrons. The van der Waals surface area contributed by atoms with Gasteiger partial charge in [0.25, 0.3) is 0 Å². The van der Waals surface area contributed by atoms with E-state index in [1.165, 1.54) is 66.1 Å². The highest BCUT2D eigenvalue weighted by Crippen LogP contribution is 2.67. The number of anilines is 6. The first-order valence-corrected chi connectivity index (χ1v) is 30.6. The molecule has 4 heteroatoms. The lowest BCUT2D eigenvalue weighted by molar-refractivity contribution is 0.668. The number of fused-ring (bicyclic) bond motifs is 22. The van der Waals surface area contributed by atoms with Crippen LogP contribution in [0.5, 0.6) is 0 Å². The van der Waals surface area contributed by atoms with Crippen LogP contribution in [0, 0.1) is 0 Å². The van der Waals surface area contributed by atoms with Crippen molar-refractivity contribution in [3.8, 4) is 44.5 Å². The molecule has 2 heterocycles. The third-order valence-corrected chi connectivity index (χ3v) is 19.2. The smallest absolute Gasteiger partial charge is 0.159 e. The van der Waals surface area contributed by atoms with E-state index in [0.29, 0.717) is 0 Å². The summed E-state index contributed by atoms with van der Waals surface area (Å²) < 4.78 is 13.8. The molecule has 0 aliphatic heterocycles. The van der Waals surface area contributed by atoms with Crippen molar-refractivity contribution < 1.29 is 8.83 Å². The van der Waals surface area contributed by atoms with Gasteiger partial charge >= 0.3 is 0 Å². The average molecular weight is 1130 g/mol. The first kappa shape index (κ1) is 49.5. The monoisotopic (exact) mass is 1130 g/mol. The Kier molecular flexibility index (Phi) is 10.7. The van der Waals surface area contributed by atoms with Gasteiger partial charge in [-0.1, -0.05) is 255 Å². The van der Waals surface area contributed by atoms with Crippen molar-refractivity contribution in [2.75, 3.05) is 9.80 Å². The molecule has 0 saturated heterocycles. The van der Waals surface area contributed by atoms with Crippen molar-refractivity contribution in [1.82, 2.24) is 0 Å². The third kappa shape index (κ3) is 7.11. The van der Waals surface area contributed by atoms with Crippen LogP contribution >= 0.6 is 0 Å². The van der Waals surface area contributed by atoms with E-state index >= 15 is 0 Å². The summed E-state index contributed by atoms with van der Waals surface area (Å²) in [5, 5.41) is 11.6. The number of para-hydroxylation sites is 6. The van der Waals surface area contributed by atoms with Gasteiger partial charge in [-0.05, 0) is 149 Å². The summed E-state index contributed by atoms with van der Waals surface area (Å²) in [6, 6.07) is 116. The molecule has 2 aliphatic carbocycles. The van der Waals surface area contributed by atoms with Crippen molar-refractivity contribution in [3.05, 3.63) is 338 Å². The van der Waals surface area contributed by atoms with Crippen LogP contribution in [0.15, 0.2) is 324 Å². The number of rotatable bonds is 8. The van der Waals surface area contributed by atoms with Crippen LogP contribution in [0.1, 0.15) is 22.3 Å². The molecule has 0 N–H and O–H groups in total. The lowest BCUT2D eigenvalue weighted by atomic mass is 9.68. The van der Waals surface area contributed by atoms with Gasteiger partial charge in [0.05, 0.1) is 28.2 Å². The molecule has 19 rings (SSSR count). The molecule has 2 aromatic heterocycles. The van der Waals surface area contributed by atoms with Gasteiger partial charge in [-0.15, -0.1) is 0 Å². The largest absolute Gasteiger partial charge is 0.454 e. The van der Waals surface area contributed by atoms with E-state index in [2.05, 4.69) is 325 Å². The van der Waals surface area contributed by atoms with E-state index < -0.39 is 5.41 Å². The summed E-state index contributed by atoms with van der Waals surface area (Å²) in [5.41, 5.74) is 23.6. The number of furan rings is 2. The molecule has 0 saturated carbocycles. The lowest BCUT2D eigenvalue weighted by Crippen LogP contribution is -2.26. The highest BCUT2D eigenvalue weighted by Gasteiger charge is 2.54. The molecule has 15 aromatic carbocycles. The second-order valence-electron chi connectivity index (χ2n) is 23.7. The number of benzene rings is 15. The summed E-state index contributed by atoms with van der Waals surface area (Å²) >= 11 is 0. The van der Waals surface area contributed by atoms with Gasteiger partial charge in [0.1, 0.15) is 11.2 Å². The zero-order chi connectivity index (χ0) is 58.3. The van der Waals surface area contributed by atoms with Gasteiger partial charge in [0.15, 0.2) is 11.2 Å². The predicted octanol–water partition coefficient (Wildman–Crippen LogP) is 23.6. The second kappa shape index (κ2) is 19.1. The highest BCUT2D eigenvalue weighted by atomic mass is 16.3. The van der Waals surface area contributed by atoms with Crippen molar-refractivity contribution in [2.24, 2.45) is 0 Å². The molecule has 0 amide bonds. The van der Waals surface area contributed by atoms with E-state index in [-0.39, 0.29) is 0 Å². The molecule has 0 unspecified atom stereocenters. The topological polar surface area (TPSA) is 32.8 Å². The molecule has 0 atom stereocenters. The van der Waals surface area contributed by atoms with E-state index in [0.717, 1.165) is 111 Å². The van der Waals surface area contributed by atoms with Gasteiger partial charge in [-0.25, -0.2) is 0 Å². The van der Waals surface area contributed by atoms with Crippen LogP contribution in [0.3, 0.4) is 0 Å². The Morgan fingerprint density at radius 2 is 0.674 bits per heavy atom. The maximum atomic E-state index is 6.90. The Labute approximate surface area is 513 Å². The summed E-state index contributed by atoms with van der Waals surface area (Å²) in [7, 11) is 0. The Morgan fingerprint density at radius 3 is 1.22 bits per heavy atom. The third-order valence-electron chi connectivity index (χ3n) is 19.2. The highest BCUT2D eigenvalue weighted by molar-refractivity contribution is 6.16. The standard InChI is InChI=1S/C85H52N2O2/c1-3-21-53(22-4-1)60-26-10-15-35-74(60)86(76-37-19-32-69-65-29-12-17-39-78(65)88-83(69)76)58-44-48-63-56(51-58)41-46-67-68-47-42-57-52-59(45-49-64(57)82(68)85(81(63)67)72-34-14-9-31-71(72)80-62-28-8-7-25-55(62)43-50-73(80)85)87(75-36-16-11-27-61(75)54-23-5-2-6-24-54)77-38-20-33-70-66-30-13-18-40-79(66)89-84(70)77/h1-52H. The van der Waals surface area contributed by atoms with Gasteiger partial charge in [-0.3, -0.25) is 0 Å². The SMILES string of the molecule is c1ccc(-c2ccccc2N(c2ccc3c4c(ccc3c2)-c2ccc3cc(N(c5ccccc5-c5ccccc5)c5cccc6c5oc5ccccc56)ccc3c2C42c3ccccc3-c3c2ccc2ccccc32)c2cccc3c2oc2ccccc23)cc1. The molecule has 0 bridgehead atoms. The number of nitrogens with zero attached hydrogens (tertiary/aromatic N) is 2. The molecule has 2 aliphatic rings.